The fourth-order valence-electron chi connectivity index (χ4n) is 1.67. The molecule has 0 aliphatic heterocycles. The summed E-state index contributed by atoms with van der Waals surface area (Å²) >= 11 is 5.72. The monoisotopic (exact) mass is 347 g/mol. The third kappa shape index (κ3) is 7.84. The van der Waals surface area contributed by atoms with Gasteiger partial charge in [0.25, 0.3) is 0 Å². The van der Waals surface area contributed by atoms with E-state index in [4.69, 9.17) is 11.6 Å². The molecular formula is C13H18ClN3O4S. The molecule has 0 unspecified atom stereocenters. The van der Waals surface area contributed by atoms with Gasteiger partial charge in [0.15, 0.2) is 0 Å². The summed E-state index contributed by atoms with van der Waals surface area (Å²) in [5.74, 6) is -0.578. The van der Waals surface area contributed by atoms with Crippen LogP contribution >= 0.6 is 11.6 Å². The molecule has 0 radical (unpaired) electrons. The zero-order chi connectivity index (χ0) is 16.8. The first-order chi connectivity index (χ1) is 10.2. The highest BCUT2D eigenvalue weighted by molar-refractivity contribution is 7.90. The van der Waals surface area contributed by atoms with Crippen LogP contribution in [0.1, 0.15) is 6.92 Å². The number of carbonyl (C=O) groups excluding carboxylic acids is 2. The van der Waals surface area contributed by atoms with Gasteiger partial charge in [-0.2, -0.15) is 0 Å². The minimum Gasteiger partial charge on any atom is -0.335 e. The van der Waals surface area contributed by atoms with Gasteiger partial charge in [0.1, 0.15) is 9.84 Å². The predicted octanol–water partition coefficient (Wildman–Crippen LogP) is 1.01. The molecule has 1 aromatic carbocycles. The molecule has 0 saturated heterocycles. The lowest BCUT2D eigenvalue weighted by Gasteiger charge is -2.13. The van der Waals surface area contributed by atoms with Gasteiger partial charge in [-0.05, 0) is 31.2 Å². The Morgan fingerprint density at radius 2 is 1.82 bits per heavy atom. The number of rotatable bonds is 6. The molecule has 0 aliphatic rings. The number of sulfone groups is 1. The van der Waals surface area contributed by atoms with Crippen molar-refractivity contribution in [2.75, 3.05) is 23.9 Å². The molecule has 22 heavy (non-hydrogen) atoms. The third-order valence-corrected chi connectivity index (χ3v) is 3.83. The van der Waals surface area contributed by atoms with Gasteiger partial charge in [-0.15, -0.1) is 0 Å². The van der Waals surface area contributed by atoms with E-state index in [-0.39, 0.29) is 12.3 Å². The van der Waals surface area contributed by atoms with Gasteiger partial charge in [0.2, 0.25) is 5.91 Å². The number of anilines is 1. The molecule has 3 amide bonds. The quantitative estimate of drug-likeness (QED) is 0.714. The fraction of sp³-hybridized carbons (Fsp3) is 0.385. The molecule has 122 valence electrons. The summed E-state index contributed by atoms with van der Waals surface area (Å²) in [7, 11) is -3.18. The van der Waals surface area contributed by atoms with Gasteiger partial charge < -0.3 is 16.0 Å². The molecule has 0 spiro atoms. The van der Waals surface area contributed by atoms with Crippen molar-refractivity contribution in [3.05, 3.63) is 29.3 Å². The van der Waals surface area contributed by atoms with Crippen LogP contribution in [0.15, 0.2) is 24.3 Å². The second kappa shape index (κ2) is 8.00. The number of hydrogen-bond acceptors (Lipinski definition) is 4. The summed E-state index contributed by atoms with van der Waals surface area (Å²) in [5.41, 5.74) is 0.557. The van der Waals surface area contributed by atoms with Crippen LogP contribution in [0.5, 0.6) is 0 Å². The summed E-state index contributed by atoms with van der Waals surface area (Å²) in [6.45, 7) is 1.33. The van der Waals surface area contributed by atoms with E-state index in [1.54, 1.807) is 31.2 Å². The molecule has 0 saturated carbocycles. The lowest BCUT2D eigenvalue weighted by molar-refractivity contribution is -0.115. The maximum Gasteiger partial charge on any atom is 0.315 e. The number of benzene rings is 1. The average molecular weight is 348 g/mol. The molecule has 0 heterocycles. The number of carbonyl (C=O) groups is 2. The molecule has 1 aromatic rings. The molecule has 0 aliphatic carbocycles. The van der Waals surface area contributed by atoms with Crippen molar-refractivity contribution in [1.82, 2.24) is 10.6 Å². The lowest BCUT2D eigenvalue weighted by Crippen LogP contribution is -2.45. The molecule has 0 fully saturated rings. The molecule has 3 N–H and O–H groups in total. The summed E-state index contributed by atoms with van der Waals surface area (Å²) in [6.07, 6.45) is 1.09. The number of hydrogen-bond donors (Lipinski definition) is 3. The van der Waals surface area contributed by atoms with Crippen molar-refractivity contribution >= 4 is 39.1 Å². The Labute approximate surface area is 134 Å². The minimum atomic E-state index is -3.18. The Kier molecular flexibility index (Phi) is 6.63. The van der Waals surface area contributed by atoms with E-state index >= 15 is 0 Å². The standard InChI is InChI=1S/C13H18ClN3O4S/c1-9(8-22(2,20)21)16-13(19)15-7-12(18)17-11-5-3-10(14)4-6-11/h3-6,9H,7-8H2,1-2H3,(H,17,18)(H2,15,16,19)/t9-/m0/s1. The zero-order valence-electron chi connectivity index (χ0n) is 12.2. The minimum absolute atomic E-state index is 0.169. The maximum atomic E-state index is 11.6. The normalized spacial score (nSPS) is 12.3. The Bertz CT molecular complexity index is 631. The Morgan fingerprint density at radius 1 is 1.23 bits per heavy atom. The SMILES string of the molecule is C[C@@H](CS(C)(=O)=O)NC(=O)NCC(=O)Nc1ccc(Cl)cc1. The van der Waals surface area contributed by atoms with Crippen LogP contribution in [0.2, 0.25) is 5.02 Å². The summed E-state index contributed by atoms with van der Waals surface area (Å²) in [5, 5.41) is 7.92. The Hall–Kier alpha value is -1.80. The van der Waals surface area contributed by atoms with Crippen LogP contribution in [0.25, 0.3) is 0 Å². The van der Waals surface area contributed by atoms with E-state index in [0.717, 1.165) is 6.26 Å². The van der Waals surface area contributed by atoms with Gasteiger partial charge >= 0.3 is 6.03 Å². The van der Waals surface area contributed by atoms with Crippen LogP contribution in [0.3, 0.4) is 0 Å². The van der Waals surface area contributed by atoms with Crippen LogP contribution in [-0.2, 0) is 14.6 Å². The van der Waals surface area contributed by atoms with Crippen molar-refractivity contribution in [2.24, 2.45) is 0 Å². The zero-order valence-corrected chi connectivity index (χ0v) is 13.8. The molecule has 7 nitrogen and oxygen atoms in total. The van der Waals surface area contributed by atoms with E-state index in [0.29, 0.717) is 10.7 Å². The molecule has 0 aromatic heterocycles. The van der Waals surface area contributed by atoms with E-state index in [2.05, 4.69) is 16.0 Å². The van der Waals surface area contributed by atoms with Gasteiger partial charge in [0, 0.05) is 23.0 Å². The van der Waals surface area contributed by atoms with Crippen LogP contribution in [0.4, 0.5) is 10.5 Å². The van der Waals surface area contributed by atoms with Gasteiger partial charge in [0.05, 0.1) is 12.3 Å². The highest BCUT2D eigenvalue weighted by Gasteiger charge is 2.13. The molecule has 0 bridgehead atoms. The summed E-state index contributed by atoms with van der Waals surface area (Å²) in [6, 6.07) is 5.37. The molecule has 1 rings (SSSR count). The second-order valence-electron chi connectivity index (χ2n) is 4.88. The van der Waals surface area contributed by atoms with Crippen molar-refractivity contribution in [3.63, 3.8) is 0 Å². The van der Waals surface area contributed by atoms with Crippen molar-refractivity contribution in [2.45, 2.75) is 13.0 Å². The van der Waals surface area contributed by atoms with Crippen molar-refractivity contribution < 1.29 is 18.0 Å². The van der Waals surface area contributed by atoms with E-state index < -0.39 is 27.8 Å². The summed E-state index contributed by atoms with van der Waals surface area (Å²) < 4.78 is 22.1. The van der Waals surface area contributed by atoms with Crippen molar-refractivity contribution in [3.8, 4) is 0 Å². The molecule has 1 atom stereocenters. The average Bonchev–Trinajstić information content (AvgIpc) is 2.37. The number of halogens is 1. The Balaban J connectivity index is 2.34. The van der Waals surface area contributed by atoms with Gasteiger partial charge in [-0.1, -0.05) is 11.6 Å². The van der Waals surface area contributed by atoms with E-state index in [1.807, 2.05) is 0 Å². The third-order valence-electron chi connectivity index (χ3n) is 2.47. The molecular weight excluding hydrogens is 330 g/mol. The van der Waals surface area contributed by atoms with Crippen LogP contribution < -0.4 is 16.0 Å². The number of amides is 3. The second-order valence-corrected chi connectivity index (χ2v) is 7.50. The van der Waals surface area contributed by atoms with Crippen molar-refractivity contribution in [1.29, 1.82) is 0 Å². The van der Waals surface area contributed by atoms with E-state index in [9.17, 15) is 18.0 Å². The highest BCUT2D eigenvalue weighted by atomic mass is 35.5. The number of urea groups is 1. The maximum absolute atomic E-state index is 11.6. The smallest absolute Gasteiger partial charge is 0.315 e. The topological polar surface area (TPSA) is 104 Å². The lowest BCUT2D eigenvalue weighted by atomic mass is 10.3. The first-order valence-corrected chi connectivity index (χ1v) is 8.87. The first kappa shape index (κ1) is 18.2. The largest absolute Gasteiger partial charge is 0.335 e. The molecule has 9 heteroatoms. The van der Waals surface area contributed by atoms with Crippen LogP contribution in [0, 0.1) is 0 Å². The highest BCUT2D eigenvalue weighted by Crippen LogP contribution is 2.12. The predicted molar refractivity (Wildman–Crippen MR) is 85.8 cm³/mol. The fourth-order valence-corrected chi connectivity index (χ4v) is 2.79. The van der Waals surface area contributed by atoms with Crippen LogP contribution in [-0.4, -0.2) is 45.0 Å². The summed E-state index contributed by atoms with van der Waals surface area (Å²) in [4.78, 5) is 23.2. The number of nitrogens with one attached hydrogen (secondary N) is 3. The Morgan fingerprint density at radius 3 is 2.36 bits per heavy atom. The first-order valence-electron chi connectivity index (χ1n) is 6.43. The van der Waals surface area contributed by atoms with Gasteiger partial charge in [-0.3, -0.25) is 4.79 Å². The van der Waals surface area contributed by atoms with E-state index in [1.165, 1.54) is 0 Å². The van der Waals surface area contributed by atoms with Gasteiger partial charge in [-0.25, -0.2) is 13.2 Å².